The molecule has 0 amide bonds. The van der Waals surface area contributed by atoms with Crippen LogP contribution < -0.4 is 4.57 Å². The topological polar surface area (TPSA) is 25.9 Å². The van der Waals surface area contributed by atoms with E-state index in [1.165, 1.54) is 0 Å². The predicted molar refractivity (Wildman–Crippen MR) is 87.9 cm³/mol. The van der Waals surface area contributed by atoms with Crippen LogP contribution in [0.1, 0.15) is 0 Å². The number of nitrogens with zero attached hydrogens (tertiary/aromatic N) is 2. The molecule has 2 aromatic carbocycles. The zero-order valence-corrected chi connectivity index (χ0v) is 13.7. The first-order valence-corrected chi connectivity index (χ1v) is 9.90. The third-order valence-electron chi connectivity index (χ3n) is 3.29. The minimum Gasteiger partial charge on any atom is -0.320 e. The molecule has 5 heteroatoms. The monoisotopic (exact) mass is 319 g/mol. The summed E-state index contributed by atoms with van der Waals surface area (Å²) < 4.78 is 16.3. The zero-order chi connectivity index (χ0) is 15.0. The van der Waals surface area contributed by atoms with Crippen molar-refractivity contribution in [1.82, 2.24) is 4.57 Å². The van der Waals surface area contributed by atoms with Gasteiger partial charge < -0.3 is 4.57 Å². The van der Waals surface area contributed by atoms with E-state index >= 15 is 0 Å². The maximum Gasteiger partial charge on any atom is 0.250 e. The number of rotatable bonds is 3. The normalized spacial score (nSPS) is 12.0. The highest BCUT2D eigenvalue weighted by Gasteiger charge is 2.21. The van der Waals surface area contributed by atoms with Gasteiger partial charge in [0.15, 0.2) is 11.0 Å². The predicted octanol–water partition coefficient (Wildman–Crippen LogP) is 4.15. The van der Waals surface area contributed by atoms with E-state index in [4.69, 9.17) is 11.6 Å². The molecule has 3 rings (SSSR count). The van der Waals surface area contributed by atoms with Crippen LogP contribution in [0.3, 0.4) is 0 Å². The highest BCUT2D eigenvalue weighted by atomic mass is 35.5. The van der Waals surface area contributed by atoms with E-state index < -0.39 is 7.14 Å². The molecule has 0 fully saturated rings. The average molecular weight is 320 g/mol. The van der Waals surface area contributed by atoms with E-state index in [1.807, 2.05) is 72.8 Å². The molecule has 0 aliphatic heterocycles. The summed E-state index contributed by atoms with van der Waals surface area (Å²) in [7, 11) is -2.17. The van der Waals surface area contributed by atoms with Gasteiger partial charge in [0.2, 0.25) is 6.33 Å². The Labute approximate surface area is 129 Å². The number of hydrogen-bond donors (Lipinski definition) is 0. The molecule has 1 heterocycles. The third-order valence-corrected chi connectivity index (χ3v) is 4.51. The fourth-order valence-electron chi connectivity index (χ4n) is 2.47. The van der Waals surface area contributed by atoms with E-state index in [0.29, 0.717) is 11.3 Å². The Morgan fingerprint density at radius 3 is 2.52 bits per heavy atom. The molecule has 0 N–H and O–H groups in total. The van der Waals surface area contributed by atoms with Crippen LogP contribution in [0.5, 0.6) is 0 Å². The molecule has 0 saturated heterocycles. The quantitative estimate of drug-likeness (QED) is 0.526. The van der Waals surface area contributed by atoms with Crippen LogP contribution >= 0.6 is 18.7 Å². The van der Waals surface area contributed by atoms with Crippen LogP contribution in [0, 0.1) is 0 Å². The van der Waals surface area contributed by atoms with Gasteiger partial charge >= 0.3 is 0 Å². The number of fused-ring (bicyclic) bond motifs is 1. The van der Waals surface area contributed by atoms with Crippen molar-refractivity contribution in [2.75, 3.05) is 13.3 Å². The van der Waals surface area contributed by atoms with Crippen LogP contribution in [0.15, 0.2) is 54.9 Å². The first kappa shape index (κ1) is 14.4. The highest BCUT2D eigenvalue weighted by Crippen LogP contribution is 2.36. The van der Waals surface area contributed by atoms with Crippen molar-refractivity contribution >= 4 is 29.8 Å². The van der Waals surface area contributed by atoms with Crippen molar-refractivity contribution < 1.29 is 9.13 Å². The van der Waals surface area contributed by atoms with Crippen LogP contribution in [0.25, 0.3) is 16.7 Å². The average Bonchev–Trinajstić information content (AvgIpc) is 2.76. The van der Waals surface area contributed by atoms with Crippen molar-refractivity contribution in [3.8, 4) is 5.69 Å². The molecule has 0 aliphatic carbocycles. The fourth-order valence-corrected chi connectivity index (χ4v) is 3.60. The van der Waals surface area contributed by atoms with E-state index in [9.17, 15) is 4.57 Å². The molecule has 3 nitrogen and oxygen atoms in total. The Morgan fingerprint density at radius 1 is 1.14 bits per heavy atom. The Kier molecular flexibility index (Phi) is 3.64. The number of benzene rings is 2. The van der Waals surface area contributed by atoms with Gasteiger partial charge in [0.05, 0.1) is 0 Å². The van der Waals surface area contributed by atoms with Gasteiger partial charge in [-0.1, -0.05) is 29.8 Å². The highest BCUT2D eigenvalue weighted by molar-refractivity contribution is 7.61. The summed E-state index contributed by atoms with van der Waals surface area (Å²) in [6, 6.07) is 15.9. The first-order chi connectivity index (χ1) is 9.94. The van der Waals surface area contributed by atoms with Crippen molar-refractivity contribution in [3.05, 3.63) is 59.9 Å². The van der Waals surface area contributed by atoms with Gasteiger partial charge in [0, 0.05) is 11.1 Å². The Morgan fingerprint density at radius 2 is 1.86 bits per heavy atom. The van der Waals surface area contributed by atoms with Gasteiger partial charge in [0.1, 0.15) is 19.1 Å². The number of hydrogen-bond acceptors (Lipinski definition) is 1. The lowest BCUT2D eigenvalue weighted by Gasteiger charge is -2.02. The molecule has 1 aromatic heterocycles. The molecule has 0 radical (unpaired) electrons. The minimum atomic E-state index is -2.17. The summed E-state index contributed by atoms with van der Waals surface area (Å²) in [6.45, 7) is 3.61. The minimum absolute atomic E-state index is 0.519. The summed E-state index contributed by atoms with van der Waals surface area (Å²) in [5.74, 6) is 0. The van der Waals surface area contributed by atoms with Gasteiger partial charge in [-0.3, -0.25) is 0 Å². The molecule has 3 aromatic rings. The van der Waals surface area contributed by atoms with Gasteiger partial charge in [-0.05, 0) is 37.6 Å². The summed E-state index contributed by atoms with van der Waals surface area (Å²) in [6.07, 6.45) is 2.51. The lowest BCUT2D eigenvalue weighted by molar-refractivity contribution is -0.652. The molecule has 0 aliphatic rings. The van der Waals surface area contributed by atoms with E-state index in [2.05, 4.69) is 4.57 Å². The standard InChI is InChI=1S/C16H17ClN2OP/c1-21(2,20)12-18-11-19(14-6-4-3-5-7-14)16-10-13(17)8-9-15(16)18/h3-11H,12H2,1-2H3/q+1. The third kappa shape index (κ3) is 3.04. The molecule has 21 heavy (non-hydrogen) atoms. The van der Waals surface area contributed by atoms with E-state index in [-0.39, 0.29) is 0 Å². The van der Waals surface area contributed by atoms with E-state index in [0.717, 1.165) is 16.7 Å². The maximum atomic E-state index is 12.2. The number of aromatic nitrogens is 2. The van der Waals surface area contributed by atoms with Crippen molar-refractivity contribution in [3.63, 3.8) is 0 Å². The molecular weight excluding hydrogens is 303 g/mol. The SMILES string of the molecule is CP(C)(=O)C[n+]1cn(-c2ccccc2)c2cc(Cl)ccc21. The van der Waals surface area contributed by atoms with E-state index in [1.54, 1.807) is 0 Å². The number of imidazole rings is 1. The fraction of sp³-hybridized carbons (Fsp3) is 0.188. The molecule has 0 saturated carbocycles. The van der Waals surface area contributed by atoms with Crippen LogP contribution in [-0.2, 0) is 10.9 Å². The second-order valence-electron chi connectivity index (χ2n) is 5.64. The molecule has 0 spiro atoms. The van der Waals surface area contributed by atoms with Crippen LogP contribution in [-0.4, -0.2) is 17.9 Å². The summed E-state index contributed by atoms with van der Waals surface area (Å²) in [4.78, 5) is 0. The lowest BCUT2D eigenvalue weighted by atomic mass is 10.3. The number of para-hydroxylation sites is 1. The Hall–Kier alpha value is -1.57. The molecule has 0 unspecified atom stereocenters. The van der Waals surface area contributed by atoms with Crippen molar-refractivity contribution in [1.29, 1.82) is 0 Å². The molecule has 0 atom stereocenters. The summed E-state index contributed by atoms with van der Waals surface area (Å²) in [5, 5.41) is 0.695. The summed E-state index contributed by atoms with van der Waals surface area (Å²) in [5.41, 5.74) is 3.11. The van der Waals surface area contributed by atoms with Crippen LogP contribution in [0.4, 0.5) is 0 Å². The molecular formula is C16H17ClN2OP+. The Bertz CT molecular complexity index is 836. The largest absolute Gasteiger partial charge is 0.320 e. The molecule has 108 valence electrons. The van der Waals surface area contributed by atoms with Gasteiger partial charge in [-0.15, -0.1) is 0 Å². The van der Waals surface area contributed by atoms with Crippen LogP contribution in [0.2, 0.25) is 5.02 Å². The van der Waals surface area contributed by atoms with Gasteiger partial charge in [-0.2, -0.15) is 4.57 Å². The smallest absolute Gasteiger partial charge is 0.250 e. The second-order valence-corrected chi connectivity index (χ2v) is 9.51. The summed E-state index contributed by atoms with van der Waals surface area (Å²) >= 11 is 6.14. The van der Waals surface area contributed by atoms with Crippen molar-refractivity contribution in [2.45, 2.75) is 6.29 Å². The Balaban J connectivity index is 2.25. The van der Waals surface area contributed by atoms with Crippen molar-refractivity contribution in [2.24, 2.45) is 0 Å². The van der Waals surface area contributed by atoms with Gasteiger partial charge in [-0.25, -0.2) is 4.57 Å². The second kappa shape index (κ2) is 5.32. The van der Waals surface area contributed by atoms with Gasteiger partial charge in [0.25, 0.3) is 0 Å². The molecule has 0 bridgehead atoms. The zero-order valence-electron chi connectivity index (χ0n) is 12.0. The first-order valence-electron chi connectivity index (χ1n) is 6.73. The maximum absolute atomic E-state index is 12.2. The lowest BCUT2D eigenvalue weighted by Crippen LogP contribution is -2.31. The number of halogens is 1.